The molecule has 2 rings (SSSR count). The molecule has 0 N–H and O–H groups in total. The molecule has 2 aromatic rings. The van der Waals surface area contributed by atoms with Gasteiger partial charge in [-0.3, -0.25) is 0 Å². The molecule has 0 unspecified atom stereocenters. The summed E-state index contributed by atoms with van der Waals surface area (Å²) in [6, 6.07) is 18.1. The lowest BCUT2D eigenvalue weighted by Gasteiger charge is -2.04. The molecule has 0 atom stereocenters. The Hall–Kier alpha value is -1.50. The van der Waals surface area contributed by atoms with E-state index in [1.807, 2.05) is 42.5 Å². The van der Waals surface area contributed by atoms with Gasteiger partial charge in [0.1, 0.15) is 7.85 Å². The first-order valence-electron chi connectivity index (χ1n) is 4.28. The molecular weight excluding hydrogens is 155 g/mol. The second kappa shape index (κ2) is 3.48. The SMILES string of the molecule is [B]c1ccccc1-c1ccccc1. The van der Waals surface area contributed by atoms with Crippen molar-refractivity contribution < 1.29 is 0 Å². The van der Waals surface area contributed by atoms with Gasteiger partial charge in [-0.1, -0.05) is 60.1 Å². The van der Waals surface area contributed by atoms with Gasteiger partial charge in [-0.25, -0.2) is 0 Å². The first-order chi connectivity index (χ1) is 6.38. The van der Waals surface area contributed by atoms with Gasteiger partial charge < -0.3 is 0 Å². The minimum Gasteiger partial charge on any atom is -0.0890 e. The van der Waals surface area contributed by atoms with Gasteiger partial charge in [-0.2, -0.15) is 0 Å². The van der Waals surface area contributed by atoms with Crippen molar-refractivity contribution in [2.75, 3.05) is 0 Å². The first-order valence-corrected chi connectivity index (χ1v) is 4.28. The molecule has 2 aromatic carbocycles. The maximum absolute atomic E-state index is 5.85. The topological polar surface area (TPSA) is 0 Å². The van der Waals surface area contributed by atoms with E-state index in [0.717, 1.165) is 11.0 Å². The summed E-state index contributed by atoms with van der Waals surface area (Å²) < 4.78 is 0. The van der Waals surface area contributed by atoms with E-state index in [1.54, 1.807) is 0 Å². The van der Waals surface area contributed by atoms with Crippen LogP contribution in [0.2, 0.25) is 0 Å². The second-order valence-corrected chi connectivity index (χ2v) is 2.95. The Morgan fingerprint density at radius 3 is 2.00 bits per heavy atom. The van der Waals surface area contributed by atoms with E-state index in [0.29, 0.717) is 0 Å². The van der Waals surface area contributed by atoms with E-state index >= 15 is 0 Å². The number of benzene rings is 2. The van der Waals surface area contributed by atoms with Gasteiger partial charge in [-0.15, -0.1) is 0 Å². The van der Waals surface area contributed by atoms with Crippen LogP contribution < -0.4 is 5.46 Å². The second-order valence-electron chi connectivity index (χ2n) is 2.95. The fourth-order valence-corrected chi connectivity index (χ4v) is 1.38. The summed E-state index contributed by atoms with van der Waals surface area (Å²) in [5.74, 6) is 0. The first kappa shape index (κ1) is 8.12. The molecule has 0 saturated heterocycles. The summed E-state index contributed by atoms with van der Waals surface area (Å²) in [4.78, 5) is 0. The van der Waals surface area contributed by atoms with Crippen LogP contribution in [0.15, 0.2) is 54.6 Å². The van der Waals surface area contributed by atoms with Crippen LogP contribution in [-0.2, 0) is 0 Å². The highest BCUT2D eigenvalue weighted by Crippen LogP contribution is 2.15. The van der Waals surface area contributed by atoms with Crippen LogP contribution in [-0.4, -0.2) is 7.85 Å². The van der Waals surface area contributed by atoms with Crippen molar-refractivity contribution in [2.24, 2.45) is 0 Å². The molecule has 60 valence electrons. The fraction of sp³-hybridized carbons (Fsp3) is 0. The van der Waals surface area contributed by atoms with Gasteiger partial charge in [0.25, 0.3) is 0 Å². The van der Waals surface area contributed by atoms with Crippen molar-refractivity contribution in [2.45, 2.75) is 0 Å². The molecule has 0 saturated carbocycles. The van der Waals surface area contributed by atoms with Gasteiger partial charge in [0.15, 0.2) is 0 Å². The van der Waals surface area contributed by atoms with Crippen LogP contribution in [0.4, 0.5) is 0 Å². The number of rotatable bonds is 1. The van der Waals surface area contributed by atoms with Crippen LogP contribution in [0, 0.1) is 0 Å². The fourth-order valence-electron chi connectivity index (χ4n) is 1.38. The molecule has 0 nitrogen and oxygen atoms in total. The van der Waals surface area contributed by atoms with Gasteiger partial charge in [0.2, 0.25) is 0 Å². The van der Waals surface area contributed by atoms with Crippen LogP contribution in [0.3, 0.4) is 0 Å². The van der Waals surface area contributed by atoms with Crippen molar-refractivity contribution in [3.05, 3.63) is 54.6 Å². The van der Waals surface area contributed by atoms with Crippen molar-refractivity contribution in [1.29, 1.82) is 0 Å². The lowest BCUT2D eigenvalue weighted by molar-refractivity contribution is 1.65. The molecule has 0 bridgehead atoms. The predicted molar refractivity (Wildman–Crippen MR) is 57.3 cm³/mol. The number of hydrogen-bond donors (Lipinski definition) is 0. The zero-order chi connectivity index (χ0) is 9.10. The highest BCUT2D eigenvalue weighted by Gasteiger charge is 1.97. The Bertz CT molecular complexity index is 393. The lowest BCUT2D eigenvalue weighted by Crippen LogP contribution is -2.04. The minimum atomic E-state index is 0.828. The monoisotopic (exact) mass is 164 g/mol. The summed E-state index contributed by atoms with van der Waals surface area (Å²) >= 11 is 0. The highest BCUT2D eigenvalue weighted by molar-refractivity contribution is 6.35. The van der Waals surface area contributed by atoms with E-state index in [9.17, 15) is 0 Å². The standard InChI is InChI=1S/C12H9B/c13-12-9-5-4-8-11(12)10-6-2-1-3-7-10/h1-9H. The Morgan fingerprint density at radius 1 is 0.692 bits per heavy atom. The van der Waals surface area contributed by atoms with Crippen molar-refractivity contribution in [3.8, 4) is 11.1 Å². The Labute approximate surface area is 79.6 Å². The third-order valence-electron chi connectivity index (χ3n) is 2.05. The van der Waals surface area contributed by atoms with Gasteiger partial charge in [0.05, 0.1) is 0 Å². The molecule has 0 heterocycles. The normalized spacial score (nSPS) is 9.85. The van der Waals surface area contributed by atoms with E-state index in [2.05, 4.69) is 12.1 Å². The van der Waals surface area contributed by atoms with E-state index < -0.39 is 0 Å². The van der Waals surface area contributed by atoms with Crippen LogP contribution >= 0.6 is 0 Å². The largest absolute Gasteiger partial charge is 0.114 e. The zero-order valence-electron chi connectivity index (χ0n) is 7.27. The number of hydrogen-bond acceptors (Lipinski definition) is 0. The molecular formula is C12H9B. The molecule has 13 heavy (non-hydrogen) atoms. The molecule has 0 amide bonds. The lowest BCUT2D eigenvalue weighted by atomic mass is 9.87. The van der Waals surface area contributed by atoms with Crippen molar-refractivity contribution >= 4 is 13.3 Å². The molecule has 0 aliphatic carbocycles. The van der Waals surface area contributed by atoms with Crippen LogP contribution in [0.5, 0.6) is 0 Å². The summed E-state index contributed by atoms with van der Waals surface area (Å²) in [5.41, 5.74) is 3.09. The molecule has 2 radical (unpaired) electrons. The maximum atomic E-state index is 5.85. The summed E-state index contributed by atoms with van der Waals surface area (Å²) in [6.45, 7) is 0. The quantitative estimate of drug-likeness (QED) is 0.566. The Morgan fingerprint density at radius 2 is 1.31 bits per heavy atom. The third kappa shape index (κ3) is 1.64. The average Bonchev–Trinajstić information content (AvgIpc) is 2.20. The Kier molecular flexibility index (Phi) is 2.18. The molecule has 0 aliphatic heterocycles. The molecule has 0 fully saturated rings. The molecule has 1 heteroatoms. The zero-order valence-corrected chi connectivity index (χ0v) is 7.27. The highest BCUT2D eigenvalue weighted by atomic mass is 14.0. The van der Waals surface area contributed by atoms with Crippen molar-refractivity contribution in [3.63, 3.8) is 0 Å². The van der Waals surface area contributed by atoms with E-state index in [1.165, 1.54) is 5.56 Å². The predicted octanol–water partition coefficient (Wildman–Crippen LogP) is 2.15. The molecule has 0 aliphatic rings. The van der Waals surface area contributed by atoms with Gasteiger partial charge >= 0.3 is 0 Å². The summed E-state index contributed by atoms with van der Waals surface area (Å²) in [5, 5.41) is 0. The molecule has 0 spiro atoms. The maximum Gasteiger partial charge on any atom is 0.114 e. The Balaban J connectivity index is 2.54. The average molecular weight is 164 g/mol. The minimum absolute atomic E-state index is 0.828. The van der Waals surface area contributed by atoms with Crippen LogP contribution in [0.25, 0.3) is 11.1 Å². The third-order valence-corrected chi connectivity index (χ3v) is 2.05. The van der Waals surface area contributed by atoms with Crippen molar-refractivity contribution in [1.82, 2.24) is 0 Å². The van der Waals surface area contributed by atoms with E-state index in [4.69, 9.17) is 7.85 Å². The van der Waals surface area contributed by atoms with Gasteiger partial charge in [-0.05, 0) is 11.1 Å². The summed E-state index contributed by atoms with van der Waals surface area (Å²) in [7, 11) is 5.85. The van der Waals surface area contributed by atoms with E-state index in [-0.39, 0.29) is 0 Å². The smallest absolute Gasteiger partial charge is 0.0890 e. The molecule has 0 aromatic heterocycles. The van der Waals surface area contributed by atoms with Gasteiger partial charge in [0, 0.05) is 0 Å². The summed E-state index contributed by atoms with van der Waals surface area (Å²) in [6.07, 6.45) is 0. The van der Waals surface area contributed by atoms with Crippen LogP contribution in [0.1, 0.15) is 0 Å².